The molecule has 1 aliphatic heterocycles. The lowest BCUT2D eigenvalue weighted by molar-refractivity contribution is 0.0606. The van der Waals surface area contributed by atoms with Crippen LogP contribution in [0.5, 0.6) is 11.5 Å². The van der Waals surface area contributed by atoms with Crippen LogP contribution in [0.25, 0.3) is 0 Å². The van der Waals surface area contributed by atoms with Crippen molar-refractivity contribution in [3.63, 3.8) is 0 Å². The molecule has 0 bridgehead atoms. The van der Waals surface area contributed by atoms with E-state index < -0.39 is 11.6 Å². The first kappa shape index (κ1) is 22.6. The lowest BCUT2D eigenvalue weighted by atomic mass is 9.90. The van der Waals surface area contributed by atoms with Crippen molar-refractivity contribution in [2.75, 3.05) is 52.5 Å². The predicted octanol–water partition coefficient (Wildman–Crippen LogP) is 1.13. The fraction of sp³-hybridized carbons (Fsp3) is 0.444. The summed E-state index contributed by atoms with van der Waals surface area (Å²) in [5.41, 5.74) is -0.113. The van der Waals surface area contributed by atoms with Crippen molar-refractivity contribution in [3.05, 3.63) is 33.4 Å². The van der Waals surface area contributed by atoms with E-state index in [0.717, 1.165) is 6.54 Å². The number of rotatable bonds is 6. The first-order valence-electron chi connectivity index (χ1n) is 8.65. The molecule has 1 aromatic rings. The number of hydrogen-bond donors (Lipinski definition) is 3. The van der Waals surface area contributed by atoms with Crippen molar-refractivity contribution in [1.82, 2.24) is 9.80 Å². The molecule has 3 N–H and O–H groups in total. The van der Waals surface area contributed by atoms with Gasteiger partial charge in [0, 0.05) is 32.7 Å². The predicted molar refractivity (Wildman–Crippen MR) is 108 cm³/mol. The molecule has 0 aromatic heterocycles. The van der Waals surface area contributed by atoms with Crippen molar-refractivity contribution >= 4 is 39.9 Å². The van der Waals surface area contributed by atoms with Crippen LogP contribution in [-0.2, 0) is 4.74 Å². The molecular weight excluding hydrogens is 456 g/mol. The van der Waals surface area contributed by atoms with Gasteiger partial charge in [0.25, 0.3) is 0 Å². The Hall–Kier alpha value is -1.65. The number of ketones is 2. The standard InChI is InChI=1S/C18H21BrN2O6.ClH/c19-15-16(21-5-3-20(4-6-21)7-9-27-10-8-22)18(26)14-12(24)2-1-11(23)13(14)17(15)25;/h1-2,22-24H,3-10H2;1H. The van der Waals surface area contributed by atoms with Crippen molar-refractivity contribution in [2.24, 2.45) is 0 Å². The van der Waals surface area contributed by atoms with E-state index in [1.807, 2.05) is 4.90 Å². The van der Waals surface area contributed by atoms with E-state index in [-0.39, 0.29) is 51.8 Å². The minimum Gasteiger partial charge on any atom is -0.507 e. The minimum absolute atomic E-state index is 0. The zero-order chi connectivity index (χ0) is 19.6. The normalized spacial score (nSPS) is 17.6. The number of piperazine rings is 1. The monoisotopic (exact) mass is 476 g/mol. The zero-order valence-corrected chi connectivity index (χ0v) is 17.5. The van der Waals surface area contributed by atoms with Crippen molar-refractivity contribution in [1.29, 1.82) is 0 Å². The lowest BCUT2D eigenvalue weighted by Gasteiger charge is -2.38. The van der Waals surface area contributed by atoms with Gasteiger partial charge in [-0.1, -0.05) is 0 Å². The number of phenols is 2. The second kappa shape index (κ2) is 9.71. The van der Waals surface area contributed by atoms with E-state index in [2.05, 4.69) is 20.8 Å². The van der Waals surface area contributed by atoms with Crippen LogP contribution < -0.4 is 0 Å². The maximum Gasteiger partial charge on any atom is 0.214 e. The van der Waals surface area contributed by atoms with Gasteiger partial charge in [-0.2, -0.15) is 0 Å². The van der Waals surface area contributed by atoms with E-state index in [4.69, 9.17) is 9.84 Å². The molecule has 0 saturated carbocycles. The second-order valence-electron chi connectivity index (χ2n) is 6.34. The molecular formula is C18H22BrClN2O6. The third-order valence-corrected chi connectivity index (χ3v) is 5.45. The Labute approximate surface area is 176 Å². The number of carbonyl (C=O) groups is 2. The summed E-state index contributed by atoms with van der Waals surface area (Å²) in [7, 11) is 0. The fourth-order valence-corrected chi connectivity index (χ4v) is 3.94. The summed E-state index contributed by atoms with van der Waals surface area (Å²) >= 11 is 3.22. The molecule has 1 aliphatic carbocycles. The van der Waals surface area contributed by atoms with E-state index in [9.17, 15) is 19.8 Å². The topological polar surface area (TPSA) is 111 Å². The molecule has 0 atom stereocenters. The molecule has 1 aromatic carbocycles. The number of aromatic hydroxyl groups is 2. The number of nitrogens with zero attached hydrogens (tertiary/aromatic N) is 2. The Balaban J connectivity index is 0.00000280. The smallest absolute Gasteiger partial charge is 0.214 e. The molecule has 3 rings (SSSR count). The Morgan fingerprint density at radius 3 is 2.11 bits per heavy atom. The lowest BCUT2D eigenvalue weighted by Crippen LogP contribution is -2.48. The molecule has 0 radical (unpaired) electrons. The number of allylic oxidation sites excluding steroid dienone is 2. The largest absolute Gasteiger partial charge is 0.507 e. The SMILES string of the molecule is Cl.O=C1C(Br)=C(N2CCN(CCOCCO)CC2)C(=O)c2c(O)ccc(O)c21. The van der Waals surface area contributed by atoms with Crippen LogP contribution >= 0.6 is 28.3 Å². The van der Waals surface area contributed by atoms with Crippen LogP contribution in [0, 0.1) is 0 Å². The number of carbonyl (C=O) groups excluding carboxylic acids is 2. The average molecular weight is 478 g/mol. The maximum absolute atomic E-state index is 13.0. The van der Waals surface area contributed by atoms with Crippen molar-refractivity contribution < 1.29 is 29.6 Å². The number of ether oxygens (including phenoxy) is 1. The molecule has 8 nitrogen and oxygen atoms in total. The molecule has 1 fully saturated rings. The zero-order valence-electron chi connectivity index (χ0n) is 15.1. The number of aliphatic hydroxyl groups is 1. The summed E-state index contributed by atoms with van der Waals surface area (Å²) in [6, 6.07) is 2.41. The summed E-state index contributed by atoms with van der Waals surface area (Å²) in [5.74, 6) is -1.65. The van der Waals surface area contributed by atoms with Crippen LogP contribution in [0.1, 0.15) is 20.7 Å². The molecule has 28 heavy (non-hydrogen) atoms. The van der Waals surface area contributed by atoms with Gasteiger partial charge in [-0.15, -0.1) is 12.4 Å². The Kier molecular flexibility index (Phi) is 7.85. The Morgan fingerprint density at radius 1 is 0.964 bits per heavy atom. The molecule has 10 heteroatoms. The number of benzene rings is 1. The quantitative estimate of drug-likeness (QED) is 0.413. The number of halogens is 2. The van der Waals surface area contributed by atoms with Gasteiger partial charge in [-0.3, -0.25) is 14.5 Å². The number of aliphatic hydroxyl groups excluding tert-OH is 1. The van der Waals surface area contributed by atoms with E-state index in [1.165, 1.54) is 12.1 Å². The highest BCUT2D eigenvalue weighted by Gasteiger charge is 2.38. The average Bonchev–Trinajstić information content (AvgIpc) is 2.66. The molecule has 0 unspecified atom stereocenters. The summed E-state index contributed by atoms with van der Waals surface area (Å²) in [6.07, 6.45) is 0. The van der Waals surface area contributed by atoms with Crippen molar-refractivity contribution in [2.45, 2.75) is 0 Å². The van der Waals surface area contributed by atoms with Gasteiger partial charge in [0.15, 0.2) is 0 Å². The fourth-order valence-electron chi connectivity index (χ4n) is 3.31. The van der Waals surface area contributed by atoms with Gasteiger partial charge >= 0.3 is 0 Å². The van der Waals surface area contributed by atoms with Crippen LogP contribution in [0.15, 0.2) is 22.3 Å². The Bertz CT molecular complexity index is 793. The maximum atomic E-state index is 13.0. The first-order valence-corrected chi connectivity index (χ1v) is 9.45. The highest BCUT2D eigenvalue weighted by Crippen LogP contribution is 2.39. The van der Waals surface area contributed by atoms with Crippen LogP contribution in [0.4, 0.5) is 0 Å². The Morgan fingerprint density at radius 2 is 1.54 bits per heavy atom. The third kappa shape index (κ3) is 4.33. The van der Waals surface area contributed by atoms with E-state index in [0.29, 0.717) is 39.4 Å². The van der Waals surface area contributed by atoms with Crippen LogP contribution in [0.3, 0.4) is 0 Å². The van der Waals surface area contributed by atoms with Crippen LogP contribution in [-0.4, -0.2) is 89.2 Å². The van der Waals surface area contributed by atoms with E-state index >= 15 is 0 Å². The van der Waals surface area contributed by atoms with Gasteiger partial charge in [-0.05, 0) is 28.1 Å². The van der Waals surface area contributed by atoms with Gasteiger partial charge in [0.2, 0.25) is 11.6 Å². The van der Waals surface area contributed by atoms with Gasteiger partial charge in [0.1, 0.15) is 17.2 Å². The van der Waals surface area contributed by atoms with Crippen molar-refractivity contribution in [3.8, 4) is 11.5 Å². The highest BCUT2D eigenvalue weighted by atomic mass is 79.9. The molecule has 0 spiro atoms. The summed E-state index contributed by atoms with van der Waals surface area (Å²) < 4.78 is 5.37. The molecule has 2 aliphatic rings. The second-order valence-corrected chi connectivity index (χ2v) is 7.13. The third-order valence-electron chi connectivity index (χ3n) is 4.71. The molecule has 1 heterocycles. The molecule has 0 amide bonds. The number of fused-ring (bicyclic) bond motifs is 1. The summed E-state index contributed by atoms with van der Waals surface area (Å²) in [6.45, 7) is 4.00. The highest BCUT2D eigenvalue weighted by molar-refractivity contribution is 9.12. The summed E-state index contributed by atoms with van der Waals surface area (Å²) in [4.78, 5) is 29.6. The number of hydrogen-bond acceptors (Lipinski definition) is 8. The van der Waals surface area contributed by atoms with Gasteiger partial charge in [0.05, 0.1) is 35.4 Å². The first-order chi connectivity index (χ1) is 13.0. The molecule has 1 saturated heterocycles. The van der Waals surface area contributed by atoms with Gasteiger partial charge in [-0.25, -0.2) is 0 Å². The number of phenolic OH excluding ortho intramolecular Hbond substituents is 2. The van der Waals surface area contributed by atoms with E-state index in [1.54, 1.807) is 0 Å². The van der Waals surface area contributed by atoms with Gasteiger partial charge < -0.3 is 25.0 Å². The van der Waals surface area contributed by atoms with Crippen LogP contribution in [0.2, 0.25) is 0 Å². The minimum atomic E-state index is -0.521. The number of Topliss-reactive ketones (excluding diaryl/α,β-unsaturated/α-hetero) is 2. The molecule has 154 valence electrons. The summed E-state index contributed by atoms with van der Waals surface area (Å²) in [5, 5.41) is 28.7.